The Morgan fingerprint density at radius 2 is 2.26 bits per heavy atom. The molecule has 6 nitrogen and oxygen atoms in total. The summed E-state index contributed by atoms with van der Waals surface area (Å²) in [6.07, 6.45) is 2.38. The Hall–Kier alpha value is -2.37. The van der Waals surface area contributed by atoms with Gasteiger partial charge in [0.25, 0.3) is 5.91 Å². The molecule has 19 heavy (non-hydrogen) atoms. The van der Waals surface area contributed by atoms with Gasteiger partial charge in [0.1, 0.15) is 0 Å². The number of nitrogens with one attached hydrogen (secondary N) is 2. The Morgan fingerprint density at radius 3 is 3.16 bits per heavy atom. The first-order valence-electron chi connectivity index (χ1n) is 6.23. The maximum atomic E-state index is 12.4. The van der Waals surface area contributed by atoms with Crippen LogP contribution in [0.25, 0.3) is 11.0 Å². The lowest BCUT2D eigenvalue weighted by Gasteiger charge is -2.18. The fourth-order valence-electron chi connectivity index (χ4n) is 2.23. The van der Waals surface area contributed by atoms with Crippen molar-refractivity contribution in [2.75, 3.05) is 19.6 Å². The molecule has 0 radical (unpaired) electrons. The summed E-state index contributed by atoms with van der Waals surface area (Å²) in [4.78, 5) is 32.5. The van der Waals surface area contributed by atoms with Gasteiger partial charge in [-0.15, -0.1) is 0 Å². The molecule has 1 aromatic carbocycles. The van der Waals surface area contributed by atoms with Gasteiger partial charge >= 0.3 is 0 Å². The summed E-state index contributed by atoms with van der Waals surface area (Å²) in [5.41, 5.74) is 2.22. The minimum atomic E-state index is -0.117. The van der Waals surface area contributed by atoms with Gasteiger partial charge in [-0.2, -0.15) is 0 Å². The lowest BCUT2D eigenvalue weighted by Crippen LogP contribution is -2.37. The van der Waals surface area contributed by atoms with Gasteiger partial charge in [0.05, 0.1) is 23.9 Å². The summed E-state index contributed by atoms with van der Waals surface area (Å²) in [5.74, 6) is -0.220. The van der Waals surface area contributed by atoms with Gasteiger partial charge in [0, 0.05) is 18.7 Å². The molecular weight excluding hydrogens is 244 g/mol. The number of H-pyrrole nitrogens is 1. The van der Waals surface area contributed by atoms with E-state index in [0.29, 0.717) is 18.7 Å². The van der Waals surface area contributed by atoms with E-state index in [1.165, 1.54) is 0 Å². The Labute approximate surface area is 109 Å². The summed E-state index contributed by atoms with van der Waals surface area (Å²) < 4.78 is 0. The molecule has 2 amide bonds. The number of aromatic nitrogens is 2. The normalized spacial score (nSPS) is 16.2. The average Bonchev–Trinajstić information content (AvgIpc) is 2.78. The van der Waals surface area contributed by atoms with Gasteiger partial charge in [-0.1, -0.05) is 0 Å². The van der Waals surface area contributed by atoms with Crippen molar-refractivity contribution in [3.63, 3.8) is 0 Å². The third-order valence-corrected chi connectivity index (χ3v) is 3.22. The number of hydrogen-bond acceptors (Lipinski definition) is 3. The molecule has 0 bridgehead atoms. The number of rotatable bonds is 1. The van der Waals surface area contributed by atoms with Crippen molar-refractivity contribution >= 4 is 22.8 Å². The SMILES string of the molecule is O=C1CN(C(=O)c2ccc3nc[nH]c3c2)CCCN1. The molecule has 1 saturated heterocycles. The summed E-state index contributed by atoms with van der Waals surface area (Å²) >= 11 is 0. The second-order valence-corrected chi connectivity index (χ2v) is 4.56. The zero-order chi connectivity index (χ0) is 13.2. The molecule has 1 aliphatic heterocycles. The van der Waals surface area contributed by atoms with Crippen molar-refractivity contribution in [3.05, 3.63) is 30.1 Å². The van der Waals surface area contributed by atoms with Gasteiger partial charge in [-0.05, 0) is 24.6 Å². The van der Waals surface area contributed by atoms with Crippen LogP contribution in [0.3, 0.4) is 0 Å². The minimum absolute atomic E-state index is 0.103. The van der Waals surface area contributed by atoms with Crippen molar-refractivity contribution in [2.45, 2.75) is 6.42 Å². The van der Waals surface area contributed by atoms with Gasteiger partial charge in [-0.3, -0.25) is 9.59 Å². The van der Waals surface area contributed by atoms with Crippen LogP contribution in [0.4, 0.5) is 0 Å². The Kier molecular flexibility index (Phi) is 2.91. The molecule has 2 N–H and O–H groups in total. The molecule has 0 aliphatic carbocycles. The smallest absolute Gasteiger partial charge is 0.254 e. The zero-order valence-electron chi connectivity index (χ0n) is 10.3. The molecule has 2 heterocycles. The Balaban J connectivity index is 1.87. The number of fused-ring (bicyclic) bond motifs is 1. The molecule has 98 valence electrons. The maximum absolute atomic E-state index is 12.4. The van der Waals surface area contributed by atoms with E-state index < -0.39 is 0 Å². The van der Waals surface area contributed by atoms with Crippen molar-refractivity contribution in [1.29, 1.82) is 0 Å². The Bertz CT molecular complexity index is 634. The van der Waals surface area contributed by atoms with E-state index in [-0.39, 0.29) is 18.4 Å². The quantitative estimate of drug-likeness (QED) is 0.783. The first-order valence-corrected chi connectivity index (χ1v) is 6.23. The molecule has 0 atom stereocenters. The lowest BCUT2D eigenvalue weighted by molar-refractivity contribution is -0.121. The van der Waals surface area contributed by atoms with Crippen LogP contribution >= 0.6 is 0 Å². The van der Waals surface area contributed by atoms with Crippen molar-refractivity contribution in [1.82, 2.24) is 20.2 Å². The highest BCUT2D eigenvalue weighted by Gasteiger charge is 2.21. The van der Waals surface area contributed by atoms with E-state index in [1.807, 2.05) is 0 Å². The van der Waals surface area contributed by atoms with Crippen LogP contribution in [-0.2, 0) is 4.79 Å². The van der Waals surface area contributed by atoms with Crippen molar-refractivity contribution in [2.24, 2.45) is 0 Å². The van der Waals surface area contributed by atoms with Crippen LogP contribution < -0.4 is 5.32 Å². The van der Waals surface area contributed by atoms with Crippen LogP contribution in [0.5, 0.6) is 0 Å². The van der Waals surface area contributed by atoms with Gasteiger partial charge in [0.2, 0.25) is 5.91 Å². The first kappa shape index (κ1) is 11.7. The van der Waals surface area contributed by atoms with Crippen LogP contribution in [0, 0.1) is 0 Å². The number of imidazole rings is 1. The maximum Gasteiger partial charge on any atom is 0.254 e. The highest BCUT2D eigenvalue weighted by molar-refractivity contribution is 5.99. The summed E-state index contributed by atoms with van der Waals surface area (Å²) in [7, 11) is 0. The van der Waals surface area contributed by atoms with E-state index >= 15 is 0 Å². The van der Waals surface area contributed by atoms with E-state index in [1.54, 1.807) is 29.4 Å². The van der Waals surface area contributed by atoms with Crippen LogP contribution in [-0.4, -0.2) is 46.3 Å². The summed E-state index contributed by atoms with van der Waals surface area (Å²) in [6.45, 7) is 1.35. The Morgan fingerprint density at radius 1 is 1.37 bits per heavy atom. The molecule has 1 aromatic heterocycles. The van der Waals surface area contributed by atoms with Crippen molar-refractivity contribution < 1.29 is 9.59 Å². The first-order chi connectivity index (χ1) is 9.24. The minimum Gasteiger partial charge on any atom is -0.354 e. The second-order valence-electron chi connectivity index (χ2n) is 4.56. The van der Waals surface area contributed by atoms with E-state index in [9.17, 15) is 9.59 Å². The topological polar surface area (TPSA) is 78.1 Å². The number of nitrogens with zero attached hydrogens (tertiary/aromatic N) is 2. The predicted octanol–water partition coefficient (Wildman–Crippen LogP) is 0.525. The fraction of sp³-hybridized carbons (Fsp3) is 0.308. The molecule has 3 rings (SSSR count). The van der Waals surface area contributed by atoms with E-state index in [4.69, 9.17) is 0 Å². The van der Waals surface area contributed by atoms with Crippen LogP contribution in [0.15, 0.2) is 24.5 Å². The van der Waals surface area contributed by atoms with Crippen LogP contribution in [0.1, 0.15) is 16.8 Å². The number of benzene rings is 1. The van der Waals surface area contributed by atoms with Crippen molar-refractivity contribution in [3.8, 4) is 0 Å². The number of carbonyl (C=O) groups is 2. The number of hydrogen-bond donors (Lipinski definition) is 2. The molecule has 0 saturated carbocycles. The zero-order valence-corrected chi connectivity index (χ0v) is 10.3. The highest BCUT2D eigenvalue weighted by Crippen LogP contribution is 2.14. The summed E-state index contributed by atoms with van der Waals surface area (Å²) in [5, 5.41) is 2.76. The van der Waals surface area contributed by atoms with E-state index in [0.717, 1.165) is 17.5 Å². The molecule has 6 heteroatoms. The van der Waals surface area contributed by atoms with Gasteiger partial charge < -0.3 is 15.2 Å². The summed E-state index contributed by atoms with van der Waals surface area (Å²) in [6, 6.07) is 5.32. The predicted molar refractivity (Wildman–Crippen MR) is 69.6 cm³/mol. The lowest BCUT2D eigenvalue weighted by atomic mass is 10.1. The molecule has 1 fully saturated rings. The molecule has 2 aromatic rings. The largest absolute Gasteiger partial charge is 0.354 e. The molecular formula is C13H14N4O2. The van der Waals surface area contributed by atoms with E-state index in [2.05, 4.69) is 15.3 Å². The third kappa shape index (κ3) is 2.29. The second kappa shape index (κ2) is 4.72. The third-order valence-electron chi connectivity index (χ3n) is 3.22. The molecule has 1 aliphatic rings. The monoisotopic (exact) mass is 258 g/mol. The standard InChI is InChI=1S/C13H14N4O2/c18-12-7-17(5-1-4-14-12)13(19)9-2-3-10-11(6-9)16-8-15-10/h2-3,6,8H,1,4-5,7H2,(H,14,18)(H,15,16). The average molecular weight is 258 g/mol. The van der Waals surface area contributed by atoms with Gasteiger partial charge in [0.15, 0.2) is 0 Å². The number of amides is 2. The number of carbonyl (C=O) groups excluding carboxylic acids is 2. The number of aromatic amines is 1. The highest BCUT2D eigenvalue weighted by atomic mass is 16.2. The molecule has 0 unspecified atom stereocenters. The van der Waals surface area contributed by atoms with Gasteiger partial charge in [-0.25, -0.2) is 4.98 Å². The van der Waals surface area contributed by atoms with Crippen LogP contribution in [0.2, 0.25) is 0 Å². The fourth-order valence-corrected chi connectivity index (χ4v) is 2.23. The molecule has 0 spiro atoms.